The predicted octanol–water partition coefficient (Wildman–Crippen LogP) is 3.86. The molecule has 0 heterocycles. The van der Waals surface area contributed by atoms with Crippen molar-refractivity contribution >= 4 is 5.97 Å². The molecular weight excluding hydrogens is 320 g/mol. The molecule has 0 saturated heterocycles. The standard InChI is InChI=1S/C20H24O5/c1-22-12-6-7-13-24-19-14-17(10-11-18(19)20(21)23-2)25-15-16-8-4-3-5-9-16/h3-5,8-11,14H,6-7,12-13,15H2,1-2H3. The van der Waals surface area contributed by atoms with E-state index in [-0.39, 0.29) is 0 Å². The molecule has 5 heteroatoms. The second kappa shape index (κ2) is 10.4. The Morgan fingerprint density at radius 1 is 0.920 bits per heavy atom. The Hall–Kier alpha value is -2.53. The van der Waals surface area contributed by atoms with Gasteiger partial charge in [-0.2, -0.15) is 0 Å². The van der Waals surface area contributed by atoms with Crippen molar-refractivity contribution < 1.29 is 23.7 Å². The quantitative estimate of drug-likeness (QED) is 0.484. The van der Waals surface area contributed by atoms with Crippen LogP contribution in [0, 0.1) is 0 Å². The number of esters is 1. The van der Waals surface area contributed by atoms with E-state index in [1.165, 1.54) is 7.11 Å². The van der Waals surface area contributed by atoms with Gasteiger partial charge in [0.1, 0.15) is 23.7 Å². The number of carbonyl (C=O) groups is 1. The van der Waals surface area contributed by atoms with E-state index in [9.17, 15) is 4.79 Å². The molecule has 0 aliphatic rings. The molecule has 0 aromatic heterocycles. The van der Waals surface area contributed by atoms with Crippen molar-refractivity contribution in [2.45, 2.75) is 19.4 Å². The van der Waals surface area contributed by atoms with Gasteiger partial charge in [0.15, 0.2) is 0 Å². The summed E-state index contributed by atoms with van der Waals surface area (Å²) < 4.78 is 21.4. The van der Waals surface area contributed by atoms with E-state index < -0.39 is 5.97 Å². The summed E-state index contributed by atoms with van der Waals surface area (Å²) in [6, 6.07) is 15.0. The van der Waals surface area contributed by atoms with Crippen molar-refractivity contribution in [2.75, 3.05) is 27.4 Å². The summed E-state index contributed by atoms with van der Waals surface area (Å²) in [5, 5.41) is 0. The number of rotatable bonds is 10. The predicted molar refractivity (Wildman–Crippen MR) is 95.2 cm³/mol. The lowest BCUT2D eigenvalue weighted by atomic mass is 10.2. The van der Waals surface area contributed by atoms with Gasteiger partial charge in [0.05, 0.1) is 13.7 Å². The van der Waals surface area contributed by atoms with Crippen molar-refractivity contribution in [2.24, 2.45) is 0 Å². The molecule has 0 radical (unpaired) electrons. The van der Waals surface area contributed by atoms with Crippen molar-refractivity contribution in [1.29, 1.82) is 0 Å². The van der Waals surface area contributed by atoms with Gasteiger partial charge in [-0.25, -0.2) is 4.79 Å². The summed E-state index contributed by atoms with van der Waals surface area (Å²) in [6.07, 6.45) is 1.73. The zero-order valence-electron chi connectivity index (χ0n) is 14.7. The van der Waals surface area contributed by atoms with Crippen LogP contribution in [0.2, 0.25) is 0 Å². The van der Waals surface area contributed by atoms with Gasteiger partial charge in [0.25, 0.3) is 0 Å². The fourth-order valence-corrected chi connectivity index (χ4v) is 2.26. The molecule has 0 fully saturated rings. The third-order valence-electron chi connectivity index (χ3n) is 3.61. The molecule has 2 rings (SSSR count). The highest BCUT2D eigenvalue weighted by Crippen LogP contribution is 2.26. The first-order chi connectivity index (χ1) is 12.2. The third kappa shape index (κ3) is 6.12. The Balaban J connectivity index is 2.03. The topological polar surface area (TPSA) is 54.0 Å². The molecule has 0 saturated carbocycles. The second-order valence-corrected chi connectivity index (χ2v) is 5.47. The van der Waals surface area contributed by atoms with Crippen LogP contribution < -0.4 is 9.47 Å². The average molecular weight is 344 g/mol. The number of benzene rings is 2. The maximum absolute atomic E-state index is 11.9. The molecule has 2 aromatic rings. The molecule has 0 bridgehead atoms. The van der Waals surface area contributed by atoms with Crippen LogP contribution in [0.25, 0.3) is 0 Å². The lowest BCUT2D eigenvalue weighted by molar-refractivity contribution is 0.0595. The molecular formula is C20H24O5. The molecule has 0 amide bonds. The van der Waals surface area contributed by atoms with Crippen molar-refractivity contribution in [3.05, 3.63) is 59.7 Å². The van der Waals surface area contributed by atoms with E-state index >= 15 is 0 Å². The highest BCUT2D eigenvalue weighted by Gasteiger charge is 2.14. The molecule has 0 aliphatic heterocycles. The van der Waals surface area contributed by atoms with E-state index in [2.05, 4.69) is 0 Å². The zero-order chi connectivity index (χ0) is 17.9. The molecule has 0 atom stereocenters. The van der Waals surface area contributed by atoms with Gasteiger partial charge in [0, 0.05) is 19.8 Å². The maximum Gasteiger partial charge on any atom is 0.341 e. The van der Waals surface area contributed by atoms with Crippen LogP contribution in [0.1, 0.15) is 28.8 Å². The van der Waals surface area contributed by atoms with E-state index in [0.717, 1.165) is 18.4 Å². The van der Waals surface area contributed by atoms with Crippen molar-refractivity contribution in [1.82, 2.24) is 0 Å². The molecule has 0 spiro atoms. The number of hydrogen-bond acceptors (Lipinski definition) is 5. The molecule has 25 heavy (non-hydrogen) atoms. The van der Waals surface area contributed by atoms with Gasteiger partial charge in [-0.3, -0.25) is 0 Å². The summed E-state index contributed by atoms with van der Waals surface area (Å²) in [4.78, 5) is 11.9. The van der Waals surface area contributed by atoms with Crippen LogP contribution in [-0.4, -0.2) is 33.4 Å². The van der Waals surface area contributed by atoms with Gasteiger partial charge in [-0.1, -0.05) is 30.3 Å². The monoisotopic (exact) mass is 344 g/mol. The zero-order valence-corrected chi connectivity index (χ0v) is 14.7. The van der Waals surface area contributed by atoms with Crippen LogP contribution in [0.4, 0.5) is 0 Å². The Bertz CT molecular complexity index is 654. The maximum atomic E-state index is 11.9. The van der Waals surface area contributed by atoms with Crippen LogP contribution in [0.3, 0.4) is 0 Å². The SMILES string of the molecule is COCCCCOc1cc(OCc2ccccc2)ccc1C(=O)OC. The second-order valence-electron chi connectivity index (χ2n) is 5.47. The summed E-state index contributed by atoms with van der Waals surface area (Å²) >= 11 is 0. The third-order valence-corrected chi connectivity index (χ3v) is 3.61. The highest BCUT2D eigenvalue weighted by molar-refractivity contribution is 5.92. The lowest BCUT2D eigenvalue weighted by Gasteiger charge is -2.13. The molecule has 2 aromatic carbocycles. The van der Waals surface area contributed by atoms with E-state index in [4.69, 9.17) is 18.9 Å². The van der Waals surface area contributed by atoms with E-state index in [0.29, 0.717) is 36.9 Å². The van der Waals surface area contributed by atoms with Gasteiger partial charge < -0.3 is 18.9 Å². The first-order valence-corrected chi connectivity index (χ1v) is 8.25. The molecule has 5 nitrogen and oxygen atoms in total. The summed E-state index contributed by atoms with van der Waals surface area (Å²) in [6.45, 7) is 1.63. The Morgan fingerprint density at radius 3 is 2.40 bits per heavy atom. The fraction of sp³-hybridized carbons (Fsp3) is 0.350. The molecule has 0 unspecified atom stereocenters. The summed E-state index contributed by atoms with van der Waals surface area (Å²) in [7, 11) is 3.02. The van der Waals surface area contributed by atoms with Gasteiger partial charge >= 0.3 is 5.97 Å². The fourth-order valence-electron chi connectivity index (χ4n) is 2.26. The van der Waals surface area contributed by atoms with E-state index in [1.54, 1.807) is 25.3 Å². The molecule has 0 aliphatic carbocycles. The first-order valence-electron chi connectivity index (χ1n) is 8.25. The van der Waals surface area contributed by atoms with Crippen LogP contribution >= 0.6 is 0 Å². The minimum atomic E-state index is -0.429. The van der Waals surface area contributed by atoms with Gasteiger partial charge in [0.2, 0.25) is 0 Å². The summed E-state index contributed by atoms with van der Waals surface area (Å²) in [5.74, 6) is 0.680. The Kier molecular flexibility index (Phi) is 7.79. The number of hydrogen-bond donors (Lipinski definition) is 0. The normalized spacial score (nSPS) is 10.3. The smallest absolute Gasteiger partial charge is 0.341 e. The van der Waals surface area contributed by atoms with Crippen molar-refractivity contribution in [3.63, 3.8) is 0 Å². The highest BCUT2D eigenvalue weighted by atomic mass is 16.5. The number of ether oxygens (including phenoxy) is 4. The van der Waals surface area contributed by atoms with Gasteiger partial charge in [-0.05, 0) is 30.5 Å². The minimum absolute atomic E-state index is 0.390. The lowest BCUT2D eigenvalue weighted by Crippen LogP contribution is -2.08. The Labute approximate surface area is 148 Å². The van der Waals surface area contributed by atoms with Crippen LogP contribution in [0.5, 0.6) is 11.5 Å². The number of carbonyl (C=O) groups excluding carboxylic acids is 1. The van der Waals surface area contributed by atoms with Crippen LogP contribution in [-0.2, 0) is 16.1 Å². The summed E-state index contributed by atoms with van der Waals surface area (Å²) in [5.41, 5.74) is 1.46. The first kappa shape index (κ1) is 18.8. The largest absolute Gasteiger partial charge is 0.493 e. The van der Waals surface area contributed by atoms with E-state index in [1.807, 2.05) is 30.3 Å². The average Bonchev–Trinajstić information content (AvgIpc) is 2.66. The molecule has 134 valence electrons. The number of methoxy groups -OCH3 is 2. The Morgan fingerprint density at radius 2 is 1.68 bits per heavy atom. The van der Waals surface area contributed by atoms with Crippen molar-refractivity contribution in [3.8, 4) is 11.5 Å². The molecule has 0 N–H and O–H groups in total. The minimum Gasteiger partial charge on any atom is -0.493 e. The van der Waals surface area contributed by atoms with Crippen LogP contribution in [0.15, 0.2) is 48.5 Å². The number of unbranched alkanes of at least 4 members (excludes halogenated alkanes) is 1. The van der Waals surface area contributed by atoms with Gasteiger partial charge in [-0.15, -0.1) is 0 Å².